The summed E-state index contributed by atoms with van der Waals surface area (Å²) in [7, 11) is 1.60. The maximum Gasteiger partial charge on any atom is 0.264 e. The van der Waals surface area contributed by atoms with E-state index in [9.17, 15) is 9.59 Å². The highest BCUT2D eigenvalue weighted by Gasteiger charge is 2.04. The fourth-order valence-corrected chi connectivity index (χ4v) is 1.53. The second kappa shape index (κ2) is 4.61. The van der Waals surface area contributed by atoms with Crippen molar-refractivity contribution in [3.63, 3.8) is 0 Å². The van der Waals surface area contributed by atoms with Crippen molar-refractivity contribution in [2.45, 2.75) is 0 Å². The number of alkyl halides is 1. The lowest BCUT2D eigenvalue weighted by molar-refractivity contribution is -0.113. The van der Waals surface area contributed by atoms with E-state index in [1.54, 1.807) is 7.05 Å². The van der Waals surface area contributed by atoms with Crippen LogP contribution in [0.25, 0.3) is 0 Å². The van der Waals surface area contributed by atoms with Crippen LogP contribution in [0.1, 0.15) is 0 Å². The molecule has 0 unspecified atom stereocenters. The van der Waals surface area contributed by atoms with E-state index < -0.39 is 0 Å². The minimum absolute atomic E-state index is 0.111. The molecule has 1 heterocycles. The van der Waals surface area contributed by atoms with Gasteiger partial charge in [0.2, 0.25) is 5.91 Å². The second-order valence-corrected chi connectivity index (χ2v) is 3.80. The smallest absolute Gasteiger partial charge is 0.264 e. The quantitative estimate of drug-likeness (QED) is 0.830. The molecule has 0 radical (unpaired) electrons. The lowest BCUT2D eigenvalue weighted by Crippen LogP contribution is -2.19. The minimum atomic E-state index is -0.308. The van der Waals surface area contributed by atoms with Crippen molar-refractivity contribution in [1.29, 1.82) is 0 Å². The van der Waals surface area contributed by atoms with E-state index in [1.165, 1.54) is 16.8 Å². The third-order valence-corrected chi connectivity index (χ3v) is 2.36. The zero-order valence-electron chi connectivity index (χ0n) is 7.38. The molecule has 1 N–H and O–H groups in total. The Balaban J connectivity index is 3.01. The number of carbonyl (C=O) groups excluding carboxylic acids is 1. The highest BCUT2D eigenvalue weighted by atomic mass is 79.9. The molecule has 0 aliphatic rings. The Bertz CT molecular complexity index is 390. The largest absolute Gasteiger partial charge is 0.324 e. The van der Waals surface area contributed by atoms with Crippen LogP contribution >= 0.6 is 27.5 Å². The van der Waals surface area contributed by atoms with Crippen molar-refractivity contribution >= 4 is 39.1 Å². The van der Waals surface area contributed by atoms with Crippen LogP contribution in [0.5, 0.6) is 0 Å². The van der Waals surface area contributed by atoms with Crippen LogP contribution in [-0.2, 0) is 11.8 Å². The molecule has 0 atom stereocenters. The van der Waals surface area contributed by atoms with Crippen LogP contribution in [0.15, 0.2) is 21.5 Å². The van der Waals surface area contributed by atoms with Crippen molar-refractivity contribution in [3.8, 4) is 0 Å². The van der Waals surface area contributed by atoms with Gasteiger partial charge in [0.05, 0.1) is 10.2 Å². The first-order chi connectivity index (χ1) is 6.54. The Morgan fingerprint density at radius 1 is 1.71 bits per heavy atom. The number of anilines is 1. The number of halogens is 2. The van der Waals surface area contributed by atoms with Crippen LogP contribution in [0.3, 0.4) is 0 Å². The van der Waals surface area contributed by atoms with Crippen LogP contribution in [0, 0.1) is 0 Å². The highest BCUT2D eigenvalue weighted by molar-refractivity contribution is 9.10. The van der Waals surface area contributed by atoms with Crippen molar-refractivity contribution in [3.05, 3.63) is 27.1 Å². The molecule has 1 rings (SSSR count). The first-order valence-electron chi connectivity index (χ1n) is 3.76. The number of aryl methyl sites for hydroxylation is 1. The number of carbonyl (C=O) groups is 1. The first-order valence-corrected chi connectivity index (χ1v) is 5.09. The fourth-order valence-electron chi connectivity index (χ4n) is 0.934. The molecule has 0 bridgehead atoms. The molecular weight excluding hydrogens is 271 g/mol. The number of aromatic nitrogens is 1. The Morgan fingerprint density at radius 3 is 2.86 bits per heavy atom. The summed E-state index contributed by atoms with van der Waals surface area (Å²) in [4.78, 5) is 22.2. The van der Waals surface area contributed by atoms with Gasteiger partial charge in [-0.25, -0.2) is 0 Å². The van der Waals surface area contributed by atoms with Gasteiger partial charge in [-0.3, -0.25) is 9.59 Å². The third kappa shape index (κ3) is 2.59. The summed E-state index contributed by atoms with van der Waals surface area (Å²) in [6.45, 7) is 0. The first kappa shape index (κ1) is 11.3. The van der Waals surface area contributed by atoms with Crippen molar-refractivity contribution in [2.75, 3.05) is 11.2 Å². The Hall–Kier alpha value is -0.810. The predicted molar refractivity (Wildman–Crippen MR) is 58.7 cm³/mol. The van der Waals surface area contributed by atoms with Crippen LogP contribution in [-0.4, -0.2) is 16.4 Å². The van der Waals surface area contributed by atoms with E-state index in [0.29, 0.717) is 10.2 Å². The van der Waals surface area contributed by atoms with E-state index >= 15 is 0 Å². The molecule has 14 heavy (non-hydrogen) atoms. The second-order valence-electron chi connectivity index (χ2n) is 2.67. The summed E-state index contributed by atoms with van der Waals surface area (Å²) in [5, 5.41) is 2.54. The summed E-state index contributed by atoms with van der Waals surface area (Å²) in [6.07, 6.45) is 1.53. The fraction of sp³-hybridized carbons (Fsp3) is 0.250. The summed E-state index contributed by atoms with van der Waals surface area (Å²) in [6, 6.07) is 1.53. The van der Waals surface area contributed by atoms with Gasteiger partial charge in [-0.05, 0) is 22.0 Å². The van der Waals surface area contributed by atoms with Crippen molar-refractivity contribution in [2.24, 2.45) is 7.05 Å². The van der Waals surface area contributed by atoms with Crippen molar-refractivity contribution in [1.82, 2.24) is 4.57 Å². The van der Waals surface area contributed by atoms with Crippen LogP contribution in [0.4, 0.5) is 5.69 Å². The molecule has 1 aromatic rings. The van der Waals surface area contributed by atoms with Gasteiger partial charge >= 0.3 is 0 Å². The molecule has 76 valence electrons. The van der Waals surface area contributed by atoms with Gasteiger partial charge in [-0.1, -0.05) is 0 Å². The normalized spacial score (nSPS) is 9.93. The van der Waals surface area contributed by atoms with Crippen LogP contribution in [0.2, 0.25) is 0 Å². The Kier molecular flexibility index (Phi) is 3.71. The molecule has 0 fully saturated rings. The molecule has 6 heteroatoms. The Labute approximate surface area is 94.0 Å². The predicted octanol–water partition coefficient (Wildman–Crippen LogP) is 1.33. The molecule has 0 saturated heterocycles. The number of hydrogen-bond donors (Lipinski definition) is 1. The Morgan fingerprint density at radius 2 is 2.36 bits per heavy atom. The number of nitrogens with one attached hydrogen (secondary N) is 1. The summed E-state index contributed by atoms with van der Waals surface area (Å²) < 4.78 is 1.76. The van der Waals surface area contributed by atoms with E-state index in [-0.39, 0.29) is 17.3 Å². The van der Waals surface area contributed by atoms with E-state index in [4.69, 9.17) is 11.6 Å². The molecular formula is C8H8BrClN2O2. The maximum atomic E-state index is 11.3. The van der Waals surface area contributed by atoms with E-state index in [2.05, 4.69) is 21.2 Å². The molecule has 0 saturated carbocycles. The lowest BCUT2D eigenvalue weighted by atomic mass is 10.4. The SMILES string of the molecule is Cn1cc(NC(=O)CCl)cc(Br)c1=O. The monoisotopic (exact) mass is 278 g/mol. The summed E-state index contributed by atoms with van der Waals surface area (Å²) in [5.74, 6) is -0.419. The summed E-state index contributed by atoms with van der Waals surface area (Å²) >= 11 is 8.41. The lowest BCUT2D eigenvalue weighted by Gasteiger charge is -2.05. The van der Waals surface area contributed by atoms with Gasteiger partial charge in [0, 0.05) is 13.2 Å². The standard InChI is InChI=1S/C8H8BrClN2O2/c1-12-4-5(11-7(13)3-10)2-6(9)8(12)14/h2,4H,3H2,1H3,(H,11,13). The van der Waals surface area contributed by atoms with Gasteiger partial charge < -0.3 is 9.88 Å². The highest BCUT2D eigenvalue weighted by Crippen LogP contribution is 2.11. The van der Waals surface area contributed by atoms with Crippen LogP contribution < -0.4 is 10.9 Å². The van der Waals surface area contributed by atoms with Gasteiger partial charge in [0.25, 0.3) is 5.56 Å². The van der Waals surface area contributed by atoms with Gasteiger partial charge in [-0.15, -0.1) is 11.6 Å². The van der Waals surface area contributed by atoms with E-state index in [0.717, 1.165) is 0 Å². The molecule has 0 aliphatic carbocycles. The molecule has 1 aromatic heterocycles. The average Bonchev–Trinajstić information content (AvgIpc) is 2.14. The summed E-state index contributed by atoms with van der Waals surface area (Å²) in [5.41, 5.74) is 0.374. The molecule has 0 spiro atoms. The zero-order chi connectivity index (χ0) is 10.7. The average molecular weight is 280 g/mol. The van der Waals surface area contributed by atoms with E-state index in [1.807, 2.05) is 0 Å². The number of rotatable bonds is 2. The third-order valence-electron chi connectivity index (χ3n) is 1.54. The molecule has 0 aromatic carbocycles. The minimum Gasteiger partial charge on any atom is -0.324 e. The van der Waals surface area contributed by atoms with Gasteiger partial charge in [-0.2, -0.15) is 0 Å². The number of pyridine rings is 1. The zero-order valence-corrected chi connectivity index (χ0v) is 9.72. The number of amides is 1. The number of hydrogen-bond acceptors (Lipinski definition) is 2. The molecule has 1 amide bonds. The van der Waals surface area contributed by atoms with Crippen molar-refractivity contribution < 1.29 is 4.79 Å². The molecule has 4 nitrogen and oxygen atoms in total. The number of nitrogens with zero attached hydrogens (tertiary/aromatic N) is 1. The van der Waals surface area contributed by atoms with Gasteiger partial charge in [0.1, 0.15) is 5.88 Å². The molecule has 0 aliphatic heterocycles. The topological polar surface area (TPSA) is 51.1 Å². The maximum absolute atomic E-state index is 11.3. The van der Waals surface area contributed by atoms with Gasteiger partial charge in [0.15, 0.2) is 0 Å².